The number of halogens is 1. The van der Waals surface area contributed by atoms with Gasteiger partial charge in [0.1, 0.15) is 5.15 Å². The summed E-state index contributed by atoms with van der Waals surface area (Å²) in [6.45, 7) is 4.15. The van der Waals surface area contributed by atoms with Crippen molar-refractivity contribution in [2.45, 2.75) is 39.2 Å². The molecular weight excluding hydrogens is 280 g/mol. The van der Waals surface area contributed by atoms with Crippen molar-refractivity contribution in [3.8, 4) is 0 Å². The highest BCUT2D eigenvalue weighted by Gasteiger charge is 2.13. The van der Waals surface area contributed by atoms with Crippen LogP contribution in [0.5, 0.6) is 0 Å². The van der Waals surface area contributed by atoms with Crippen molar-refractivity contribution in [2.24, 2.45) is 0 Å². The number of nitrogens with zero attached hydrogens (tertiary/aromatic N) is 1. The summed E-state index contributed by atoms with van der Waals surface area (Å²) in [5, 5.41) is 3.42. The number of pyridine rings is 1. The van der Waals surface area contributed by atoms with Gasteiger partial charge in [-0.3, -0.25) is 4.79 Å². The molecule has 1 aromatic heterocycles. The summed E-state index contributed by atoms with van der Waals surface area (Å²) in [5.74, 6) is 0.852. The third-order valence-electron chi connectivity index (χ3n) is 2.81. The Morgan fingerprint density at radius 1 is 1.47 bits per heavy atom. The number of carbonyl (C=O) groups excluding carboxylic acids is 1. The van der Waals surface area contributed by atoms with Gasteiger partial charge >= 0.3 is 0 Å². The van der Waals surface area contributed by atoms with Gasteiger partial charge in [-0.2, -0.15) is 11.8 Å². The fourth-order valence-corrected chi connectivity index (χ4v) is 2.75. The van der Waals surface area contributed by atoms with Gasteiger partial charge in [0.05, 0.1) is 0 Å². The highest BCUT2D eigenvalue weighted by atomic mass is 35.5. The molecule has 1 heterocycles. The second-order valence-electron chi connectivity index (χ2n) is 4.45. The summed E-state index contributed by atoms with van der Waals surface area (Å²) in [6.07, 6.45) is 4.78. The zero-order chi connectivity index (χ0) is 14.3. The van der Waals surface area contributed by atoms with E-state index in [1.165, 1.54) is 0 Å². The second kappa shape index (κ2) is 8.43. The molecule has 0 saturated heterocycles. The van der Waals surface area contributed by atoms with E-state index in [4.69, 9.17) is 11.6 Å². The SMILES string of the molecule is CCCc1cc(C(=O)NC(CC)CSC)cc(Cl)n1. The van der Waals surface area contributed by atoms with Crippen LogP contribution in [-0.4, -0.2) is 28.9 Å². The molecule has 1 amide bonds. The molecule has 0 aliphatic heterocycles. The van der Waals surface area contributed by atoms with Crippen LogP contribution in [0.4, 0.5) is 0 Å². The normalized spacial score (nSPS) is 12.2. The lowest BCUT2D eigenvalue weighted by atomic mass is 10.1. The Balaban J connectivity index is 2.80. The lowest BCUT2D eigenvalue weighted by Gasteiger charge is -2.16. The van der Waals surface area contributed by atoms with Gasteiger partial charge in [-0.15, -0.1) is 0 Å². The second-order valence-corrected chi connectivity index (χ2v) is 5.75. The predicted molar refractivity (Wildman–Crippen MR) is 83.2 cm³/mol. The third-order valence-corrected chi connectivity index (χ3v) is 3.74. The van der Waals surface area contributed by atoms with Gasteiger partial charge in [0.25, 0.3) is 5.91 Å². The standard InChI is InChI=1S/C14H21ClN2OS/c1-4-6-12-7-10(8-13(15)16-12)14(18)17-11(5-2)9-19-3/h7-8,11H,4-6,9H2,1-3H3,(H,17,18). The highest BCUT2D eigenvalue weighted by molar-refractivity contribution is 7.98. The number of amides is 1. The number of rotatable bonds is 7. The van der Waals surface area contributed by atoms with Crippen LogP contribution in [0.15, 0.2) is 12.1 Å². The van der Waals surface area contributed by atoms with Gasteiger partial charge in [-0.05, 0) is 31.2 Å². The Bertz CT molecular complexity index is 426. The summed E-state index contributed by atoms with van der Waals surface area (Å²) in [5.41, 5.74) is 1.47. The van der Waals surface area contributed by atoms with Gasteiger partial charge < -0.3 is 5.32 Å². The molecule has 1 unspecified atom stereocenters. The maximum atomic E-state index is 12.2. The summed E-state index contributed by atoms with van der Waals surface area (Å²) in [6, 6.07) is 3.65. The van der Waals surface area contributed by atoms with Crippen molar-refractivity contribution in [1.29, 1.82) is 0 Å². The lowest BCUT2D eigenvalue weighted by molar-refractivity contribution is 0.0940. The third kappa shape index (κ3) is 5.41. The van der Waals surface area contributed by atoms with E-state index >= 15 is 0 Å². The van der Waals surface area contributed by atoms with E-state index < -0.39 is 0 Å². The monoisotopic (exact) mass is 300 g/mol. The van der Waals surface area contributed by atoms with Gasteiger partial charge in [0.2, 0.25) is 0 Å². The smallest absolute Gasteiger partial charge is 0.251 e. The summed E-state index contributed by atoms with van der Waals surface area (Å²) in [4.78, 5) is 16.4. The van der Waals surface area contributed by atoms with E-state index in [2.05, 4.69) is 24.1 Å². The summed E-state index contributed by atoms with van der Waals surface area (Å²) >= 11 is 7.70. The average molecular weight is 301 g/mol. The van der Waals surface area contributed by atoms with Gasteiger partial charge in [-0.25, -0.2) is 4.98 Å². The molecule has 0 fully saturated rings. The molecule has 0 aliphatic carbocycles. The Morgan fingerprint density at radius 3 is 2.79 bits per heavy atom. The first-order valence-corrected chi connectivity index (χ1v) is 8.34. The van der Waals surface area contributed by atoms with Crippen molar-refractivity contribution in [3.05, 3.63) is 28.5 Å². The topological polar surface area (TPSA) is 42.0 Å². The van der Waals surface area contributed by atoms with Gasteiger partial charge in [0, 0.05) is 23.1 Å². The molecule has 0 spiro atoms. The molecule has 1 rings (SSSR count). The van der Waals surface area contributed by atoms with Crippen LogP contribution in [0.1, 0.15) is 42.7 Å². The van der Waals surface area contributed by atoms with E-state index in [9.17, 15) is 4.79 Å². The lowest BCUT2D eigenvalue weighted by Crippen LogP contribution is -2.36. The van der Waals surface area contributed by atoms with Crippen LogP contribution >= 0.6 is 23.4 Å². The number of aryl methyl sites for hydroxylation is 1. The van der Waals surface area contributed by atoms with Crippen LogP contribution in [0.2, 0.25) is 5.15 Å². The van der Waals surface area contributed by atoms with Crippen LogP contribution < -0.4 is 5.32 Å². The first kappa shape index (κ1) is 16.3. The minimum Gasteiger partial charge on any atom is -0.348 e. The van der Waals surface area contributed by atoms with Gasteiger partial charge in [-0.1, -0.05) is 31.9 Å². The number of hydrogen-bond acceptors (Lipinski definition) is 3. The minimum absolute atomic E-state index is 0.0671. The first-order chi connectivity index (χ1) is 9.10. The van der Waals surface area contributed by atoms with Crippen LogP contribution in [0.3, 0.4) is 0 Å². The minimum atomic E-state index is -0.0671. The Morgan fingerprint density at radius 2 is 2.21 bits per heavy atom. The maximum Gasteiger partial charge on any atom is 0.251 e. The number of carbonyl (C=O) groups is 1. The van der Waals surface area contributed by atoms with Crippen molar-refractivity contribution in [1.82, 2.24) is 10.3 Å². The molecule has 1 N–H and O–H groups in total. The van der Waals surface area contributed by atoms with Crippen LogP contribution in [-0.2, 0) is 6.42 Å². The van der Waals surface area contributed by atoms with E-state index in [1.54, 1.807) is 17.8 Å². The van der Waals surface area contributed by atoms with E-state index in [0.29, 0.717) is 10.7 Å². The van der Waals surface area contributed by atoms with E-state index in [1.807, 2.05) is 12.3 Å². The van der Waals surface area contributed by atoms with Crippen molar-refractivity contribution in [3.63, 3.8) is 0 Å². The quantitative estimate of drug-likeness (QED) is 0.783. The van der Waals surface area contributed by atoms with Crippen LogP contribution in [0, 0.1) is 0 Å². The van der Waals surface area contributed by atoms with Crippen LogP contribution in [0.25, 0.3) is 0 Å². The first-order valence-electron chi connectivity index (χ1n) is 6.56. The summed E-state index contributed by atoms with van der Waals surface area (Å²) < 4.78 is 0. The van der Waals surface area contributed by atoms with Crippen molar-refractivity contribution in [2.75, 3.05) is 12.0 Å². The fourth-order valence-electron chi connectivity index (χ4n) is 1.80. The fraction of sp³-hybridized carbons (Fsp3) is 0.571. The summed E-state index contributed by atoms with van der Waals surface area (Å²) in [7, 11) is 0. The molecule has 19 heavy (non-hydrogen) atoms. The zero-order valence-corrected chi connectivity index (χ0v) is 13.3. The number of hydrogen-bond donors (Lipinski definition) is 1. The Kier molecular flexibility index (Phi) is 7.24. The Labute approximate surface area is 124 Å². The molecule has 1 aromatic rings. The molecule has 1 atom stereocenters. The predicted octanol–water partition coefficient (Wildman–Crippen LogP) is 3.56. The molecule has 3 nitrogen and oxygen atoms in total. The molecule has 5 heteroatoms. The molecule has 106 valence electrons. The zero-order valence-electron chi connectivity index (χ0n) is 11.7. The number of nitrogens with one attached hydrogen (secondary N) is 1. The van der Waals surface area contributed by atoms with E-state index in [-0.39, 0.29) is 11.9 Å². The average Bonchev–Trinajstić information content (AvgIpc) is 2.37. The van der Waals surface area contributed by atoms with Crippen molar-refractivity contribution < 1.29 is 4.79 Å². The van der Waals surface area contributed by atoms with Crippen molar-refractivity contribution >= 4 is 29.3 Å². The molecule has 0 radical (unpaired) electrons. The van der Waals surface area contributed by atoms with E-state index in [0.717, 1.165) is 30.7 Å². The molecule has 0 saturated carbocycles. The number of thioether (sulfide) groups is 1. The van der Waals surface area contributed by atoms with Gasteiger partial charge in [0.15, 0.2) is 0 Å². The largest absolute Gasteiger partial charge is 0.348 e. The molecular formula is C14H21ClN2OS. The highest BCUT2D eigenvalue weighted by Crippen LogP contribution is 2.13. The molecule has 0 aromatic carbocycles. The molecule has 0 aliphatic rings. The number of aromatic nitrogens is 1. The maximum absolute atomic E-state index is 12.2. The Hall–Kier alpha value is -0.740. The molecule has 0 bridgehead atoms.